The van der Waals surface area contributed by atoms with Crippen LogP contribution >= 0.6 is 0 Å². The second-order valence-corrected chi connectivity index (χ2v) is 6.75. The van der Waals surface area contributed by atoms with E-state index in [0.29, 0.717) is 11.4 Å². The molecular weight excluding hydrogens is 262 g/mol. The first-order valence-corrected chi connectivity index (χ1v) is 8.28. The van der Waals surface area contributed by atoms with Crippen LogP contribution in [0.2, 0.25) is 0 Å². The zero-order chi connectivity index (χ0) is 14.3. The molecule has 2 N–H and O–H groups in total. The minimum atomic E-state index is -3.28. The summed E-state index contributed by atoms with van der Waals surface area (Å²) in [6.45, 7) is 4.61. The van der Waals surface area contributed by atoms with Gasteiger partial charge in [-0.15, -0.1) is 0 Å². The number of nitrogens with two attached hydrogens (primary N) is 1. The van der Waals surface area contributed by atoms with E-state index in [9.17, 15) is 8.42 Å². The van der Waals surface area contributed by atoms with E-state index in [1.807, 2.05) is 13.0 Å². The van der Waals surface area contributed by atoms with Crippen molar-refractivity contribution < 1.29 is 13.2 Å². The molecule has 0 fully saturated rings. The quantitative estimate of drug-likeness (QED) is 0.794. The lowest BCUT2D eigenvalue weighted by Gasteiger charge is -2.12. The van der Waals surface area contributed by atoms with Crippen LogP contribution in [0.4, 0.5) is 0 Å². The summed E-state index contributed by atoms with van der Waals surface area (Å²) in [5.74, 6) is 0.00901. The molecule has 0 radical (unpaired) electrons. The Balaban J connectivity index is 2.60. The Morgan fingerprint density at radius 1 is 1.37 bits per heavy atom. The average molecular weight is 285 g/mol. The number of hydrogen-bond acceptors (Lipinski definition) is 4. The fourth-order valence-electron chi connectivity index (χ4n) is 1.83. The predicted molar refractivity (Wildman–Crippen MR) is 76.7 cm³/mol. The molecule has 108 valence electrons. The number of sulfone groups is 1. The highest BCUT2D eigenvalue weighted by molar-refractivity contribution is 7.91. The zero-order valence-electron chi connectivity index (χ0n) is 11.6. The molecule has 19 heavy (non-hydrogen) atoms. The molecule has 0 bridgehead atoms. The largest absolute Gasteiger partial charge is 0.377 e. The maximum Gasteiger partial charge on any atom is 0.180 e. The van der Waals surface area contributed by atoms with Crippen molar-refractivity contribution in [2.45, 2.75) is 44.2 Å². The third kappa shape index (κ3) is 5.30. The molecule has 4 nitrogen and oxygen atoms in total. The minimum Gasteiger partial charge on any atom is -0.377 e. The van der Waals surface area contributed by atoms with Gasteiger partial charge in [-0.3, -0.25) is 0 Å². The van der Waals surface area contributed by atoms with Crippen LogP contribution in [0.25, 0.3) is 0 Å². The Morgan fingerprint density at radius 3 is 2.74 bits per heavy atom. The molecule has 1 atom stereocenters. The highest BCUT2D eigenvalue weighted by Crippen LogP contribution is 2.13. The Bertz CT molecular complexity index is 485. The SMILES string of the molecule is CCCC(C)OCCS(=O)(=O)c1cccc(CN)c1. The molecule has 0 heterocycles. The van der Waals surface area contributed by atoms with Gasteiger partial charge in [0.2, 0.25) is 0 Å². The van der Waals surface area contributed by atoms with Crippen LogP contribution in [0.5, 0.6) is 0 Å². The highest BCUT2D eigenvalue weighted by Gasteiger charge is 2.15. The van der Waals surface area contributed by atoms with E-state index < -0.39 is 9.84 Å². The first kappa shape index (κ1) is 16.1. The Labute approximate surface area is 115 Å². The van der Waals surface area contributed by atoms with Crippen molar-refractivity contribution in [3.8, 4) is 0 Å². The summed E-state index contributed by atoms with van der Waals surface area (Å²) in [5, 5.41) is 0. The van der Waals surface area contributed by atoms with Gasteiger partial charge in [0.15, 0.2) is 9.84 Å². The van der Waals surface area contributed by atoms with Crippen molar-refractivity contribution in [1.29, 1.82) is 0 Å². The van der Waals surface area contributed by atoms with E-state index in [4.69, 9.17) is 10.5 Å². The van der Waals surface area contributed by atoms with Crippen LogP contribution in [-0.4, -0.2) is 26.9 Å². The summed E-state index contributed by atoms with van der Waals surface area (Å²) in [7, 11) is -3.28. The fourth-order valence-corrected chi connectivity index (χ4v) is 3.00. The number of hydrogen-bond donors (Lipinski definition) is 1. The van der Waals surface area contributed by atoms with E-state index in [0.717, 1.165) is 18.4 Å². The number of rotatable bonds is 8. The summed E-state index contributed by atoms with van der Waals surface area (Å²) in [4.78, 5) is 0.321. The Hall–Kier alpha value is -0.910. The molecule has 1 aromatic rings. The first-order chi connectivity index (χ1) is 8.99. The van der Waals surface area contributed by atoms with Gasteiger partial charge in [0, 0.05) is 6.54 Å². The molecule has 0 amide bonds. The van der Waals surface area contributed by atoms with Gasteiger partial charge < -0.3 is 10.5 Å². The molecule has 0 saturated heterocycles. The van der Waals surface area contributed by atoms with E-state index in [1.165, 1.54) is 0 Å². The van der Waals surface area contributed by atoms with Crippen molar-refractivity contribution in [3.63, 3.8) is 0 Å². The predicted octanol–water partition coefficient (Wildman–Crippen LogP) is 2.12. The van der Waals surface area contributed by atoms with Crippen LogP contribution in [-0.2, 0) is 21.1 Å². The minimum absolute atomic E-state index is 0.00901. The van der Waals surface area contributed by atoms with E-state index in [1.54, 1.807) is 18.2 Å². The van der Waals surface area contributed by atoms with E-state index >= 15 is 0 Å². The van der Waals surface area contributed by atoms with Crippen molar-refractivity contribution in [1.82, 2.24) is 0 Å². The van der Waals surface area contributed by atoms with Gasteiger partial charge in [0.05, 0.1) is 23.4 Å². The second kappa shape index (κ2) is 7.62. The second-order valence-electron chi connectivity index (χ2n) is 4.64. The maximum atomic E-state index is 12.1. The lowest BCUT2D eigenvalue weighted by Crippen LogP contribution is -2.17. The summed E-state index contributed by atoms with van der Waals surface area (Å²) in [5.41, 5.74) is 6.34. The molecular formula is C14H23NO3S. The van der Waals surface area contributed by atoms with Crippen molar-refractivity contribution >= 4 is 9.84 Å². The van der Waals surface area contributed by atoms with Crippen LogP contribution in [0.1, 0.15) is 32.3 Å². The first-order valence-electron chi connectivity index (χ1n) is 6.63. The van der Waals surface area contributed by atoms with Crippen LogP contribution < -0.4 is 5.73 Å². The Kier molecular flexibility index (Phi) is 6.48. The van der Waals surface area contributed by atoms with Gasteiger partial charge in [-0.1, -0.05) is 25.5 Å². The van der Waals surface area contributed by atoms with E-state index in [-0.39, 0.29) is 18.5 Å². The summed E-state index contributed by atoms with van der Waals surface area (Å²) < 4.78 is 29.7. The third-order valence-electron chi connectivity index (χ3n) is 2.94. The van der Waals surface area contributed by atoms with E-state index in [2.05, 4.69) is 6.92 Å². The van der Waals surface area contributed by atoms with Gasteiger partial charge in [-0.25, -0.2) is 8.42 Å². The maximum absolute atomic E-state index is 12.1. The molecule has 5 heteroatoms. The third-order valence-corrected chi connectivity index (χ3v) is 4.62. The van der Waals surface area contributed by atoms with Gasteiger partial charge in [0.1, 0.15) is 0 Å². The van der Waals surface area contributed by atoms with Crippen molar-refractivity contribution in [2.24, 2.45) is 5.73 Å². The lowest BCUT2D eigenvalue weighted by atomic mass is 10.2. The normalized spacial score (nSPS) is 13.4. The highest BCUT2D eigenvalue weighted by atomic mass is 32.2. The monoisotopic (exact) mass is 285 g/mol. The lowest BCUT2D eigenvalue weighted by molar-refractivity contribution is 0.0711. The average Bonchev–Trinajstić information content (AvgIpc) is 2.39. The smallest absolute Gasteiger partial charge is 0.180 e. The van der Waals surface area contributed by atoms with Gasteiger partial charge in [0.25, 0.3) is 0 Å². The topological polar surface area (TPSA) is 69.4 Å². The van der Waals surface area contributed by atoms with Crippen molar-refractivity contribution in [2.75, 3.05) is 12.4 Å². The number of benzene rings is 1. The molecule has 0 aromatic heterocycles. The summed E-state index contributed by atoms with van der Waals surface area (Å²) in [6.07, 6.45) is 2.09. The van der Waals surface area contributed by atoms with Crippen LogP contribution in [0, 0.1) is 0 Å². The zero-order valence-corrected chi connectivity index (χ0v) is 12.4. The van der Waals surface area contributed by atoms with Crippen molar-refractivity contribution in [3.05, 3.63) is 29.8 Å². The molecule has 1 rings (SSSR count). The van der Waals surface area contributed by atoms with Gasteiger partial charge in [-0.05, 0) is 31.0 Å². The summed E-state index contributed by atoms with van der Waals surface area (Å²) in [6, 6.07) is 6.77. The van der Waals surface area contributed by atoms with Gasteiger partial charge in [-0.2, -0.15) is 0 Å². The Morgan fingerprint density at radius 2 is 2.11 bits per heavy atom. The number of ether oxygens (including phenoxy) is 1. The summed E-state index contributed by atoms with van der Waals surface area (Å²) >= 11 is 0. The molecule has 0 aliphatic carbocycles. The molecule has 1 unspecified atom stereocenters. The van der Waals surface area contributed by atoms with Gasteiger partial charge >= 0.3 is 0 Å². The van der Waals surface area contributed by atoms with Crippen LogP contribution in [0.3, 0.4) is 0 Å². The molecule has 1 aromatic carbocycles. The molecule has 0 aliphatic rings. The standard InChI is InChI=1S/C14H23NO3S/c1-3-5-12(2)18-8-9-19(16,17)14-7-4-6-13(10-14)11-15/h4,6-7,10,12H,3,5,8-9,11,15H2,1-2H3. The molecule has 0 aliphatic heterocycles. The molecule has 0 spiro atoms. The molecule has 0 saturated carbocycles. The van der Waals surface area contributed by atoms with Crippen LogP contribution in [0.15, 0.2) is 29.2 Å². The fraction of sp³-hybridized carbons (Fsp3) is 0.571.